The van der Waals surface area contributed by atoms with E-state index in [2.05, 4.69) is 10.6 Å². The molecule has 1 aromatic rings. The van der Waals surface area contributed by atoms with Crippen molar-refractivity contribution in [1.29, 1.82) is 0 Å². The Morgan fingerprint density at radius 2 is 1.95 bits per heavy atom. The van der Waals surface area contributed by atoms with E-state index in [-0.39, 0.29) is 17.6 Å². The quantitative estimate of drug-likeness (QED) is 0.849. The third kappa shape index (κ3) is 4.84. The molecule has 22 heavy (non-hydrogen) atoms. The summed E-state index contributed by atoms with van der Waals surface area (Å²) in [6.45, 7) is 0.644. The highest BCUT2D eigenvalue weighted by Crippen LogP contribution is 2.10. The van der Waals surface area contributed by atoms with Crippen molar-refractivity contribution in [1.82, 2.24) is 10.6 Å². The first-order valence-electron chi connectivity index (χ1n) is 7.20. The lowest BCUT2D eigenvalue weighted by Crippen LogP contribution is -2.45. The summed E-state index contributed by atoms with van der Waals surface area (Å²) < 4.78 is 22.5. The molecule has 1 aromatic carbocycles. The predicted octanol–water partition coefficient (Wildman–Crippen LogP) is 0.630. The van der Waals surface area contributed by atoms with Gasteiger partial charge in [0.2, 0.25) is 5.91 Å². The average molecular weight is 324 g/mol. The maximum absolute atomic E-state index is 12.2. The summed E-state index contributed by atoms with van der Waals surface area (Å²) in [5.74, 6) is -0.535. The Balaban J connectivity index is 2.01. The second kappa shape index (κ2) is 6.91. The fourth-order valence-corrected chi connectivity index (χ4v) is 3.17. The molecular formula is C15H20N2O4S. The number of hydrogen-bond acceptors (Lipinski definition) is 4. The van der Waals surface area contributed by atoms with Gasteiger partial charge in [0.1, 0.15) is 6.04 Å². The Bertz CT molecular complexity index is 653. The molecule has 0 aromatic heterocycles. The van der Waals surface area contributed by atoms with Crippen LogP contribution in [0.2, 0.25) is 0 Å². The summed E-state index contributed by atoms with van der Waals surface area (Å²) in [6.07, 6.45) is 3.59. The zero-order valence-corrected chi connectivity index (χ0v) is 13.3. The van der Waals surface area contributed by atoms with Crippen LogP contribution in [0.15, 0.2) is 24.3 Å². The highest BCUT2D eigenvalue weighted by atomic mass is 32.2. The van der Waals surface area contributed by atoms with E-state index in [0.29, 0.717) is 24.1 Å². The Kier molecular flexibility index (Phi) is 5.18. The molecule has 1 saturated heterocycles. The van der Waals surface area contributed by atoms with Crippen LogP contribution in [0.1, 0.15) is 35.2 Å². The van der Waals surface area contributed by atoms with E-state index >= 15 is 0 Å². The van der Waals surface area contributed by atoms with Crippen molar-refractivity contribution in [3.8, 4) is 0 Å². The molecule has 0 aliphatic carbocycles. The molecule has 0 saturated carbocycles. The van der Waals surface area contributed by atoms with E-state index in [9.17, 15) is 18.0 Å². The van der Waals surface area contributed by atoms with Crippen LogP contribution in [-0.4, -0.2) is 39.1 Å². The van der Waals surface area contributed by atoms with Gasteiger partial charge in [-0.15, -0.1) is 0 Å². The number of carbonyl (C=O) groups is 2. The van der Waals surface area contributed by atoms with Gasteiger partial charge in [-0.05, 0) is 37.0 Å². The molecule has 1 fully saturated rings. The largest absolute Gasteiger partial charge is 0.354 e. The molecule has 2 amide bonds. The van der Waals surface area contributed by atoms with Crippen molar-refractivity contribution in [2.45, 2.75) is 31.1 Å². The van der Waals surface area contributed by atoms with Gasteiger partial charge in [-0.1, -0.05) is 12.1 Å². The fraction of sp³-hybridized carbons (Fsp3) is 0.467. The molecular weight excluding hydrogens is 304 g/mol. The van der Waals surface area contributed by atoms with E-state index in [4.69, 9.17) is 0 Å². The van der Waals surface area contributed by atoms with Crippen molar-refractivity contribution in [2.75, 3.05) is 12.8 Å². The lowest BCUT2D eigenvalue weighted by molar-refractivity contribution is -0.122. The first kappa shape index (κ1) is 16.5. The summed E-state index contributed by atoms with van der Waals surface area (Å²) in [5, 5.41) is 5.49. The van der Waals surface area contributed by atoms with E-state index in [1.807, 2.05) is 0 Å². The van der Waals surface area contributed by atoms with Crippen LogP contribution in [0, 0.1) is 0 Å². The summed E-state index contributed by atoms with van der Waals surface area (Å²) in [7, 11) is -3.10. The molecule has 0 radical (unpaired) electrons. The fourth-order valence-electron chi connectivity index (χ4n) is 2.37. The SMILES string of the molecule is CS(=O)(=O)Cc1ccc(C(=O)N[C@@H]2CCCCNC2=O)cc1. The Hall–Kier alpha value is -1.89. The summed E-state index contributed by atoms with van der Waals surface area (Å²) in [5.41, 5.74) is 1.04. The Morgan fingerprint density at radius 1 is 1.27 bits per heavy atom. The normalized spacial score (nSPS) is 19.1. The summed E-state index contributed by atoms with van der Waals surface area (Å²) in [6, 6.07) is 5.87. The summed E-state index contributed by atoms with van der Waals surface area (Å²) >= 11 is 0. The highest BCUT2D eigenvalue weighted by molar-refractivity contribution is 7.89. The van der Waals surface area contributed by atoms with Crippen LogP contribution < -0.4 is 10.6 Å². The van der Waals surface area contributed by atoms with Gasteiger partial charge in [-0.2, -0.15) is 0 Å². The molecule has 1 atom stereocenters. The molecule has 2 N–H and O–H groups in total. The number of benzene rings is 1. The third-order valence-electron chi connectivity index (χ3n) is 3.49. The van der Waals surface area contributed by atoms with Crippen molar-refractivity contribution in [2.24, 2.45) is 0 Å². The van der Waals surface area contributed by atoms with E-state index in [1.165, 1.54) is 0 Å². The monoisotopic (exact) mass is 324 g/mol. The van der Waals surface area contributed by atoms with Crippen molar-refractivity contribution in [3.63, 3.8) is 0 Å². The molecule has 0 bridgehead atoms. The molecule has 120 valence electrons. The lowest BCUT2D eigenvalue weighted by atomic mass is 10.1. The van der Waals surface area contributed by atoms with E-state index < -0.39 is 15.9 Å². The van der Waals surface area contributed by atoms with Gasteiger partial charge in [-0.25, -0.2) is 8.42 Å². The zero-order valence-electron chi connectivity index (χ0n) is 12.5. The van der Waals surface area contributed by atoms with Crippen LogP contribution in [0.25, 0.3) is 0 Å². The van der Waals surface area contributed by atoms with Gasteiger partial charge in [0.05, 0.1) is 5.75 Å². The van der Waals surface area contributed by atoms with E-state index in [1.54, 1.807) is 24.3 Å². The Morgan fingerprint density at radius 3 is 2.59 bits per heavy atom. The van der Waals surface area contributed by atoms with Crippen molar-refractivity contribution >= 4 is 21.7 Å². The second-order valence-electron chi connectivity index (χ2n) is 5.58. The van der Waals surface area contributed by atoms with Crippen LogP contribution in [0.3, 0.4) is 0 Å². The molecule has 7 heteroatoms. The number of nitrogens with one attached hydrogen (secondary N) is 2. The predicted molar refractivity (Wildman–Crippen MR) is 83.1 cm³/mol. The number of hydrogen-bond donors (Lipinski definition) is 2. The number of sulfone groups is 1. The van der Waals surface area contributed by atoms with Crippen molar-refractivity contribution < 1.29 is 18.0 Å². The van der Waals surface area contributed by atoms with Crippen molar-refractivity contribution in [3.05, 3.63) is 35.4 Å². The minimum Gasteiger partial charge on any atom is -0.354 e. The van der Waals surface area contributed by atoms with Gasteiger partial charge in [0, 0.05) is 18.4 Å². The maximum atomic E-state index is 12.2. The van der Waals surface area contributed by atoms with Gasteiger partial charge in [0.15, 0.2) is 9.84 Å². The van der Waals surface area contributed by atoms with Gasteiger partial charge in [-0.3, -0.25) is 9.59 Å². The zero-order chi connectivity index (χ0) is 16.2. The first-order valence-corrected chi connectivity index (χ1v) is 9.26. The van der Waals surface area contributed by atoms with Gasteiger partial charge < -0.3 is 10.6 Å². The van der Waals surface area contributed by atoms with Crippen LogP contribution in [-0.2, 0) is 20.4 Å². The second-order valence-corrected chi connectivity index (χ2v) is 7.72. The average Bonchev–Trinajstić information content (AvgIpc) is 2.63. The number of amides is 2. The topological polar surface area (TPSA) is 92.3 Å². The Labute approximate surface area is 130 Å². The summed E-state index contributed by atoms with van der Waals surface area (Å²) in [4.78, 5) is 24.0. The van der Waals surface area contributed by atoms with Gasteiger partial charge in [0.25, 0.3) is 5.91 Å². The standard InChI is InChI=1S/C15H20N2O4S/c1-22(20,21)10-11-5-7-12(8-6-11)14(18)17-13-4-2-3-9-16-15(13)19/h5-8,13H,2-4,9-10H2,1H3,(H,16,19)(H,17,18)/t13-/m1/s1. The first-order chi connectivity index (χ1) is 10.3. The van der Waals surface area contributed by atoms with Crippen LogP contribution >= 0.6 is 0 Å². The molecule has 6 nitrogen and oxygen atoms in total. The number of carbonyl (C=O) groups excluding carboxylic acids is 2. The van der Waals surface area contributed by atoms with Gasteiger partial charge >= 0.3 is 0 Å². The lowest BCUT2D eigenvalue weighted by Gasteiger charge is -2.15. The molecule has 0 unspecified atom stereocenters. The highest BCUT2D eigenvalue weighted by Gasteiger charge is 2.22. The minimum atomic E-state index is -3.10. The van der Waals surface area contributed by atoms with E-state index in [0.717, 1.165) is 19.1 Å². The van der Waals surface area contributed by atoms with Crippen LogP contribution in [0.5, 0.6) is 0 Å². The molecule has 1 aliphatic heterocycles. The molecule has 0 spiro atoms. The van der Waals surface area contributed by atoms with Crippen LogP contribution in [0.4, 0.5) is 0 Å². The smallest absolute Gasteiger partial charge is 0.251 e. The molecule has 1 aliphatic rings. The molecule has 2 rings (SSSR count). The third-order valence-corrected chi connectivity index (χ3v) is 4.34. The maximum Gasteiger partial charge on any atom is 0.251 e. The minimum absolute atomic E-state index is 0.0556. The number of rotatable bonds is 4. The molecule has 1 heterocycles.